The molecule has 3 heteroatoms. The molecule has 0 rings (SSSR count). The second-order valence-electron chi connectivity index (χ2n) is 6.43. The Kier molecular flexibility index (Phi) is 18.1. The van der Waals surface area contributed by atoms with Crippen LogP contribution in [0.25, 0.3) is 0 Å². The minimum Gasteiger partial charge on any atom is -1.00 e. The topological polar surface area (TPSA) is 12.0 Å². The van der Waals surface area contributed by atoms with Gasteiger partial charge in [-0.15, -0.1) is 0 Å². The molecule has 1 atom stereocenters. The van der Waals surface area contributed by atoms with Crippen LogP contribution in [0, 0.1) is 0 Å². The van der Waals surface area contributed by atoms with Gasteiger partial charge in [0, 0.05) is 13.3 Å². The predicted molar refractivity (Wildman–Crippen MR) is 98.9 cm³/mol. The van der Waals surface area contributed by atoms with E-state index >= 15 is 0 Å². The monoisotopic (exact) mass is 381 g/mol. The Hall–Kier alpha value is 0.870. The molecule has 0 radical (unpaired) electrons. The molecule has 0 aliphatic heterocycles. The lowest BCUT2D eigenvalue weighted by Crippen LogP contribution is -3.00. The van der Waals surface area contributed by atoms with Crippen LogP contribution in [0.1, 0.15) is 79.6 Å². The molecule has 0 aromatic carbocycles. The number of halogens is 1. The average Bonchev–Trinajstić information content (AvgIpc) is 2.48. The van der Waals surface area contributed by atoms with Crippen molar-refractivity contribution >= 4 is 7.26 Å². The third kappa shape index (κ3) is 12.0. The van der Waals surface area contributed by atoms with Crippen LogP contribution >= 0.6 is 7.26 Å². The number of hydrogen-bond donors (Lipinski definition) is 1. The lowest BCUT2D eigenvalue weighted by molar-refractivity contribution is -0.00000480. The molecule has 0 aliphatic rings. The third-order valence-corrected chi connectivity index (χ3v) is 10.3. The van der Waals surface area contributed by atoms with E-state index in [2.05, 4.69) is 39.9 Å². The summed E-state index contributed by atoms with van der Waals surface area (Å²) in [6.45, 7) is 13.1. The molecule has 0 saturated heterocycles. The Balaban J connectivity index is 0. The van der Waals surface area contributed by atoms with Gasteiger partial charge in [0.05, 0.1) is 24.6 Å². The minimum atomic E-state index is -0.553. The molecule has 21 heavy (non-hydrogen) atoms. The van der Waals surface area contributed by atoms with Gasteiger partial charge in [0.15, 0.2) is 0 Å². The summed E-state index contributed by atoms with van der Waals surface area (Å²) in [4.78, 5) is 0. The summed E-state index contributed by atoms with van der Waals surface area (Å²) in [5, 5.41) is 3.69. The zero-order valence-electron chi connectivity index (χ0n) is 15.4. The summed E-state index contributed by atoms with van der Waals surface area (Å²) in [5.41, 5.74) is 0. The van der Waals surface area contributed by atoms with Gasteiger partial charge >= 0.3 is 0 Å². The van der Waals surface area contributed by atoms with Gasteiger partial charge in [-0.1, -0.05) is 26.2 Å². The molecular weight excluding hydrogens is 341 g/mol. The Bertz CT molecular complexity index is 199. The molecule has 130 valence electrons. The average molecular weight is 382 g/mol. The fraction of sp³-hybridized carbons (Fsp3) is 1.00. The molecule has 0 spiro atoms. The zero-order chi connectivity index (χ0) is 15.3. The van der Waals surface area contributed by atoms with Crippen LogP contribution in [0.2, 0.25) is 0 Å². The van der Waals surface area contributed by atoms with Crippen LogP contribution in [0.5, 0.6) is 0 Å². The van der Waals surface area contributed by atoms with Gasteiger partial charge in [0.25, 0.3) is 0 Å². The molecule has 0 heterocycles. The maximum Gasteiger partial charge on any atom is 0.0594 e. The van der Waals surface area contributed by atoms with E-state index in [0.29, 0.717) is 6.04 Å². The van der Waals surface area contributed by atoms with Crippen molar-refractivity contribution < 1.29 is 17.0 Å². The second-order valence-corrected chi connectivity index (χ2v) is 11.5. The molecule has 0 aromatic rings. The van der Waals surface area contributed by atoms with E-state index < -0.39 is 7.26 Å². The van der Waals surface area contributed by atoms with Gasteiger partial charge in [-0.3, -0.25) is 0 Å². The zero-order valence-corrected chi connectivity index (χ0v) is 17.9. The summed E-state index contributed by atoms with van der Waals surface area (Å²) in [5.74, 6) is 0. The SMILES string of the molecule is CCCCCCNC(C)CCCC[P+](CC)(CC)CC.[Br-]. The lowest BCUT2D eigenvalue weighted by Gasteiger charge is -2.23. The number of nitrogens with one attached hydrogen (secondary N) is 1. The van der Waals surface area contributed by atoms with Crippen molar-refractivity contribution in [1.82, 2.24) is 5.32 Å². The van der Waals surface area contributed by atoms with E-state index in [1.54, 1.807) is 6.16 Å². The standard InChI is InChI=1S/C18H41NP.BrH/c1-6-10-11-13-16-19-18(5)15-12-14-17-20(7-2,8-3)9-4;/h18-19H,6-17H2,1-5H3;1H/q+1;/p-1. The molecule has 1 N–H and O–H groups in total. The highest BCUT2D eigenvalue weighted by atomic mass is 79.9. The van der Waals surface area contributed by atoms with Gasteiger partial charge in [0.1, 0.15) is 0 Å². The maximum atomic E-state index is 3.69. The molecular formula is C18H41BrNP. The Labute approximate surface area is 146 Å². The first-order valence-electron chi connectivity index (χ1n) is 9.22. The number of rotatable bonds is 14. The largest absolute Gasteiger partial charge is 1.00 e. The van der Waals surface area contributed by atoms with Gasteiger partial charge < -0.3 is 22.3 Å². The summed E-state index contributed by atoms with van der Waals surface area (Å²) in [7, 11) is -0.553. The predicted octanol–water partition coefficient (Wildman–Crippen LogP) is 2.80. The van der Waals surface area contributed by atoms with Crippen molar-refractivity contribution in [3.63, 3.8) is 0 Å². The minimum absolute atomic E-state index is 0. The third-order valence-electron chi connectivity index (χ3n) is 5.06. The van der Waals surface area contributed by atoms with Crippen molar-refractivity contribution in [1.29, 1.82) is 0 Å². The number of hydrogen-bond acceptors (Lipinski definition) is 1. The second kappa shape index (κ2) is 15.8. The summed E-state index contributed by atoms with van der Waals surface area (Å²) < 4.78 is 0. The highest BCUT2D eigenvalue weighted by Crippen LogP contribution is 2.58. The van der Waals surface area contributed by atoms with E-state index in [4.69, 9.17) is 0 Å². The van der Waals surface area contributed by atoms with Gasteiger partial charge in [0.2, 0.25) is 0 Å². The summed E-state index contributed by atoms with van der Waals surface area (Å²) >= 11 is 0. The van der Waals surface area contributed by atoms with Crippen LogP contribution in [0.15, 0.2) is 0 Å². The van der Waals surface area contributed by atoms with E-state index in [-0.39, 0.29) is 17.0 Å². The molecule has 0 fully saturated rings. The van der Waals surface area contributed by atoms with Crippen LogP contribution in [-0.2, 0) is 0 Å². The van der Waals surface area contributed by atoms with Crippen molar-refractivity contribution in [2.45, 2.75) is 85.6 Å². The Morgan fingerprint density at radius 2 is 1.43 bits per heavy atom. The molecule has 1 unspecified atom stereocenters. The van der Waals surface area contributed by atoms with Crippen molar-refractivity contribution in [2.24, 2.45) is 0 Å². The molecule has 0 aromatic heterocycles. The van der Waals surface area contributed by atoms with E-state index in [1.165, 1.54) is 70.0 Å². The fourth-order valence-electron chi connectivity index (χ4n) is 3.05. The van der Waals surface area contributed by atoms with Crippen molar-refractivity contribution in [3.8, 4) is 0 Å². The molecule has 0 saturated carbocycles. The van der Waals surface area contributed by atoms with Crippen LogP contribution < -0.4 is 22.3 Å². The number of unbranched alkanes of at least 4 members (excludes halogenated alkanes) is 4. The summed E-state index contributed by atoms with van der Waals surface area (Å²) in [6, 6.07) is 0.717. The van der Waals surface area contributed by atoms with Crippen molar-refractivity contribution in [3.05, 3.63) is 0 Å². The van der Waals surface area contributed by atoms with Gasteiger partial charge in [-0.05, 0) is 59.9 Å². The molecule has 0 aliphatic carbocycles. The van der Waals surface area contributed by atoms with Gasteiger partial charge in [-0.2, -0.15) is 0 Å². The molecule has 0 bridgehead atoms. The quantitative estimate of drug-likeness (QED) is 0.360. The smallest absolute Gasteiger partial charge is 0.0594 e. The normalized spacial score (nSPS) is 13.0. The van der Waals surface area contributed by atoms with E-state index in [1.807, 2.05) is 0 Å². The first kappa shape index (κ1) is 24.1. The van der Waals surface area contributed by atoms with Crippen LogP contribution in [0.3, 0.4) is 0 Å². The molecule has 0 amide bonds. The van der Waals surface area contributed by atoms with Gasteiger partial charge in [-0.25, -0.2) is 0 Å². The highest BCUT2D eigenvalue weighted by Gasteiger charge is 2.29. The fourth-order valence-corrected chi connectivity index (χ4v) is 6.23. The van der Waals surface area contributed by atoms with Crippen molar-refractivity contribution in [2.75, 3.05) is 31.2 Å². The van der Waals surface area contributed by atoms with E-state index in [0.717, 1.165) is 0 Å². The van der Waals surface area contributed by atoms with E-state index in [9.17, 15) is 0 Å². The first-order chi connectivity index (χ1) is 9.64. The van der Waals surface area contributed by atoms with Crippen LogP contribution in [-0.4, -0.2) is 37.2 Å². The Morgan fingerprint density at radius 1 is 0.810 bits per heavy atom. The lowest BCUT2D eigenvalue weighted by atomic mass is 10.1. The maximum absolute atomic E-state index is 3.69. The highest BCUT2D eigenvalue weighted by molar-refractivity contribution is 7.75. The Morgan fingerprint density at radius 3 is 1.95 bits per heavy atom. The van der Waals surface area contributed by atoms with Crippen LogP contribution in [0.4, 0.5) is 0 Å². The first-order valence-corrected chi connectivity index (χ1v) is 11.8. The summed E-state index contributed by atoms with van der Waals surface area (Å²) in [6.07, 6.45) is 15.7. The molecule has 1 nitrogen and oxygen atoms in total.